The second-order valence-electron chi connectivity index (χ2n) is 3.91. The maximum Gasteiger partial charge on any atom is 0.337 e. The lowest BCUT2D eigenvalue weighted by molar-refractivity contribution is 0.254. The van der Waals surface area contributed by atoms with Gasteiger partial charge in [0.05, 0.1) is 17.8 Å². The monoisotopic (exact) mass is 291 g/mol. The summed E-state index contributed by atoms with van der Waals surface area (Å²) in [5, 5.41) is 3.20. The molecule has 0 spiro atoms. The van der Waals surface area contributed by atoms with Gasteiger partial charge in [0.1, 0.15) is 5.75 Å². The third-order valence-electron chi connectivity index (χ3n) is 2.53. The van der Waals surface area contributed by atoms with E-state index in [4.69, 9.17) is 16.3 Å². The number of amides is 2. The highest BCUT2D eigenvalue weighted by Crippen LogP contribution is 2.19. The number of para-hydroxylation sites is 1. The van der Waals surface area contributed by atoms with E-state index >= 15 is 0 Å². The molecule has 5 nitrogen and oxygen atoms in total. The van der Waals surface area contributed by atoms with E-state index in [9.17, 15) is 4.79 Å². The molecule has 0 unspecified atom stereocenters. The number of rotatable bonds is 4. The minimum atomic E-state index is -0.393. The van der Waals surface area contributed by atoms with Crippen LogP contribution < -0.4 is 20.9 Å². The van der Waals surface area contributed by atoms with Gasteiger partial charge < -0.3 is 10.1 Å². The Morgan fingerprint density at radius 2 is 1.80 bits per heavy atom. The van der Waals surface area contributed by atoms with E-state index in [2.05, 4.69) is 16.2 Å². The van der Waals surface area contributed by atoms with Crippen LogP contribution in [-0.4, -0.2) is 13.1 Å². The van der Waals surface area contributed by atoms with Crippen molar-refractivity contribution in [2.24, 2.45) is 0 Å². The SMILES string of the molecule is COc1ccc(NC(=O)NNc2ccccc2Cl)cc1. The average Bonchev–Trinajstić information content (AvgIpc) is 2.47. The van der Waals surface area contributed by atoms with E-state index in [1.807, 2.05) is 12.1 Å². The predicted octanol–water partition coefficient (Wildman–Crippen LogP) is 3.50. The molecule has 0 saturated heterocycles. The van der Waals surface area contributed by atoms with E-state index in [0.29, 0.717) is 16.4 Å². The van der Waals surface area contributed by atoms with Gasteiger partial charge in [-0.2, -0.15) is 0 Å². The van der Waals surface area contributed by atoms with Gasteiger partial charge in [0.15, 0.2) is 0 Å². The minimum Gasteiger partial charge on any atom is -0.497 e. The van der Waals surface area contributed by atoms with Crippen molar-refractivity contribution in [2.75, 3.05) is 17.9 Å². The standard InChI is InChI=1S/C14H14ClN3O2/c1-20-11-8-6-10(7-9-11)16-14(19)18-17-13-5-3-2-4-12(13)15/h2-9,17H,1H3,(H2,16,18,19). The fourth-order valence-corrected chi connectivity index (χ4v) is 1.71. The molecule has 6 heteroatoms. The van der Waals surface area contributed by atoms with Crippen molar-refractivity contribution in [2.45, 2.75) is 0 Å². The summed E-state index contributed by atoms with van der Waals surface area (Å²) in [6.07, 6.45) is 0. The maximum absolute atomic E-state index is 11.7. The molecule has 2 rings (SSSR count). The number of carbonyl (C=O) groups is 1. The molecule has 2 amide bonds. The Kier molecular flexibility index (Phi) is 4.68. The van der Waals surface area contributed by atoms with Gasteiger partial charge in [-0.1, -0.05) is 23.7 Å². The van der Waals surface area contributed by atoms with Crippen LogP contribution in [0.25, 0.3) is 0 Å². The summed E-state index contributed by atoms with van der Waals surface area (Å²) >= 11 is 5.95. The molecule has 0 aliphatic rings. The van der Waals surface area contributed by atoms with Crippen LogP contribution in [0.1, 0.15) is 0 Å². The van der Waals surface area contributed by atoms with Crippen LogP contribution in [0.3, 0.4) is 0 Å². The Balaban J connectivity index is 1.87. The van der Waals surface area contributed by atoms with Gasteiger partial charge in [-0.15, -0.1) is 0 Å². The van der Waals surface area contributed by atoms with Gasteiger partial charge >= 0.3 is 6.03 Å². The Bertz CT molecular complexity index is 587. The molecule has 0 fully saturated rings. The number of methoxy groups -OCH3 is 1. The third-order valence-corrected chi connectivity index (χ3v) is 2.86. The molecule has 0 saturated carbocycles. The summed E-state index contributed by atoms with van der Waals surface area (Å²) in [5.41, 5.74) is 6.52. The third kappa shape index (κ3) is 3.80. The molecule has 0 atom stereocenters. The lowest BCUT2D eigenvalue weighted by atomic mass is 10.3. The second kappa shape index (κ2) is 6.68. The zero-order valence-corrected chi connectivity index (χ0v) is 11.6. The van der Waals surface area contributed by atoms with Crippen LogP contribution in [0.15, 0.2) is 48.5 Å². The minimum absolute atomic E-state index is 0.393. The molecule has 2 aromatic carbocycles. The summed E-state index contributed by atoms with van der Waals surface area (Å²) in [5.74, 6) is 0.727. The topological polar surface area (TPSA) is 62.4 Å². The van der Waals surface area contributed by atoms with Crippen molar-refractivity contribution in [3.05, 3.63) is 53.6 Å². The number of anilines is 2. The Hall–Kier alpha value is -2.40. The molecule has 0 aliphatic carbocycles. The molecule has 0 aromatic heterocycles. The van der Waals surface area contributed by atoms with E-state index < -0.39 is 6.03 Å². The maximum atomic E-state index is 11.7. The highest BCUT2D eigenvalue weighted by atomic mass is 35.5. The first kappa shape index (κ1) is 14.0. The number of carbonyl (C=O) groups excluding carboxylic acids is 1. The van der Waals surface area contributed by atoms with Crippen LogP contribution in [-0.2, 0) is 0 Å². The lowest BCUT2D eigenvalue weighted by Gasteiger charge is -2.11. The van der Waals surface area contributed by atoms with Crippen LogP contribution in [0.5, 0.6) is 5.75 Å². The quantitative estimate of drug-likeness (QED) is 0.756. The van der Waals surface area contributed by atoms with Crippen molar-refractivity contribution >= 4 is 29.0 Å². The van der Waals surface area contributed by atoms with Crippen LogP contribution in [0.4, 0.5) is 16.2 Å². The van der Waals surface area contributed by atoms with E-state index in [0.717, 1.165) is 5.75 Å². The smallest absolute Gasteiger partial charge is 0.337 e. The van der Waals surface area contributed by atoms with Gasteiger partial charge in [0, 0.05) is 5.69 Å². The van der Waals surface area contributed by atoms with E-state index in [1.165, 1.54) is 0 Å². The first-order valence-electron chi connectivity index (χ1n) is 5.90. The zero-order valence-electron chi connectivity index (χ0n) is 10.8. The number of hydrogen-bond donors (Lipinski definition) is 3. The molecule has 104 valence electrons. The zero-order chi connectivity index (χ0) is 14.4. The molecule has 2 aromatic rings. The summed E-state index contributed by atoms with van der Waals surface area (Å²) in [7, 11) is 1.59. The summed E-state index contributed by atoms with van der Waals surface area (Å²) in [6.45, 7) is 0. The van der Waals surface area contributed by atoms with Crippen molar-refractivity contribution in [1.82, 2.24) is 5.43 Å². The van der Waals surface area contributed by atoms with Gasteiger partial charge in [-0.05, 0) is 36.4 Å². The Morgan fingerprint density at radius 3 is 2.45 bits per heavy atom. The van der Waals surface area contributed by atoms with Crippen molar-refractivity contribution in [3.8, 4) is 5.75 Å². The Labute approximate surface area is 121 Å². The number of hydrazine groups is 1. The first-order valence-corrected chi connectivity index (χ1v) is 6.28. The van der Waals surface area contributed by atoms with Crippen molar-refractivity contribution in [1.29, 1.82) is 0 Å². The summed E-state index contributed by atoms with van der Waals surface area (Å²) < 4.78 is 5.04. The molecule has 20 heavy (non-hydrogen) atoms. The highest BCUT2D eigenvalue weighted by molar-refractivity contribution is 6.33. The van der Waals surface area contributed by atoms with E-state index in [1.54, 1.807) is 43.5 Å². The molecular formula is C14H14ClN3O2. The average molecular weight is 292 g/mol. The van der Waals surface area contributed by atoms with Gasteiger partial charge in [-0.3, -0.25) is 10.9 Å². The normalized spacial score (nSPS) is 9.70. The fourth-order valence-electron chi connectivity index (χ4n) is 1.52. The molecule has 3 N–H and O–H groups in total. The van der Waals surface area contributed by atoms with Crippen LogP contribution in [0, 0.1) is 0 Å². The number of nitrogens with one attached hydrogen (secondary N) is 3. The lowest BCUT2D eigenvalue weighted by Crippen LogP contribution is -2.33. The number of ether oxygens (including phenoxy) is 1. The van der Waals surface area contributed by atoms with Gasteiger partial charge in [-0.25, -0.2) is 4.79 Å². The summed E-state index contributed by atoms with van der Waals surface area (Å²) in [4.78, 5) is 11.7. The largest absolute Gasteiger partial charge is 0.497 e. The summed E-state index contributed by atoms with van der Waals surface area (Å²) in [6, 6.07) is 13.7. The number of hydrogen-bond acceptors (Lipinski definition) is 3. The molecule has 0 heterocycles. The molecule has 0 radical (unpaired) electrons. The number of benzene rings is 2. The van der Waals surface area contributed by atoms with Crippen molar-refractivity contribution in [3.63, 3.8) is 0 Å². The fraction of sp³-hybridized carbons (Fsp3) is 0.0714. The molecule has 0 aliphatic heterocycles. The highest BCUT2D eigenvalue weighted by Gasteiger charge is 2.03. The Morgan fingerprint density at radius 1 is 1.10 bits per heavy atom. The molecule has 0 bridgehead atoms. The second-order valence-corrected chi connectivity index (χ2v) is 4.32. The van der Waals surface area contributed by atoms with Gasteiger partial charge in [0.25, 0.3) is 0 Å². The van der Waals surface area contributed by atoms with Gasteiger partial charge in [0.2, 0.25) is 0 Å². The first-order chi connectivity index (χ1) is 9.69. The van der Waals surface area contributed by atoms with Crippen LogP contribution >= 0.6 is 11.6 Å². The van der Waals surface area contributed by atoms with Crippen molar-refractivity contribution < 1.29 is 9.53 Å². The van der Waals surface area contributed by atoms with Crippen LogP contribution in [0.2, 0.25) is 5.02 Å². The number of urea groups is 1. The molecular weight excluding hydrogens is 278 g/mol. The predicted molar refractivity (Wildman–Crippen MR) is 80.2 cm³/mol. The van der Waals surface area contributed by atoms with E-state index in [-0.39, 0.29) is 0 Å². The number of halogens is 1.